The molecule has 0 radical (unpaired) electrons. The molecule has 35 heavy (non-hydrogen) atoms. The Bertz CT molecular complexity index is 1450. The number of rotatable bonds is 5. The Morgan fingerprint density at radius 1 is 1.06 bits per heavy atom. The second kappa shape index (κ2) is 9.53. The van der Waals surface area contributed by atoms with Crippen LogP contribution in [0.15, 0.2) is 59.0 Å². The van der Waals surface area contributed by atoms with Crippen LogP contribution in [-0.4, -0.2) is 42.1 Å². The molecule has 1 aliphatic heterocycles. The van der Waals surface area contributed by atoms with Gasteiger partial charge in [-0.15, -0.1) is 0 Å². The van der Waals surface area contributed by atoms with Gasteiger partial charge in [-0.1, -0.05) is 23.2 Å². The van der Waals surface area contributed by atoms with Crippen molar-refractivity contribution in [3.8, 4) is 11.5 Å². The molecule has 178 valence electrons. The highest BCUT2D eigenvalue weighted by atomic mass is 35.5. The summed E-state index contributed by atoms with van der Waals surface area (Å²) in [7, 11) is 0. The van der Waals surface area contributed by atoms with Crippen molar-refractivity contribution in [2.45, 2.75) is 0 Å². The molecule has 0 atom stereocenters. The zero-order valence-electron chi connectivity index (χ0n) is 18.2. The normalized spacial score (nSPS) is 13.7. The number of fused-ring (bicyclic) bond motifs is 1. The van der Waals surface area contributed by atoms with Crippen molar-refractivity contribution in [2.75, 3.05) is 36.5 Å². The summed E-state index contributed by atoms with van der Waals surface area (Å²) in [5.74, 6) is -0.155. The van der Waals surface area contributed by atoms with Crippen LogP contribution in [0.5, 0.6) is 0 Å². The van der Waals surface area contributed by atoms with Crippen LogP contribution in [0.1, 0.15) is 10.4 Å². The molecule has 11 heteroatoms. The molecule has 0 unspecified atom stereocenters. The number of aromatic nitrogens is 1. The first-order valence-electron chi connectivity index (χ1n) is 10.7. The minimum Gasteiger partial charge on any atom is -0.436 e. The van der Waals surface area contributed by atoms with E-state index in [1.165, 1.54) is 12.1 Å². The molecule has 9 nitrogen and oxygen atoms in total. The van der Waals surface area contributed by atoms with Crippen molar-refractivity contribution < 1.29 is 18.9 Å². The Morgan fingerprint density at radius 3 is 2.60 bits per heavy atom. The second-order valence-corrected chi connectivity index (χ2v) is 8.68. The zero-order chi connectivity index (χ0) is 24.5. The highest BCUT2D eigenvalue weighted by molar-refractivity contribution is 6.36. The maximum absolute atomic E-state index is 13.2. The predicted molar refractivity (Wildman–Crippen MR) is 134 cm³/mol. The number of oxazole rings is 1. The summed E-state index contributed by atoms with van der Waals surface area (Å²) < 4.78 is 11.2. The van der Waals surface area contributed by atoms with Gasteiger partial charge >= 0.3 is 0 Å². The number of non-ortho nitro benzene ring substituents is 1. The van der Waals surface area contributed by atoms with E-state index in [1.54, 1.807) is 42.5 Å². The molecular formula is C24H18Cl2N4O5. The van der Waals surface area contributed by atoms with E-state index in [0.29, 0.717) is 70.3 Å². The zero-order valence-corrected chi connectivity index (χ0v) is 19.7. The van der Waals surface area contributed by atoms with Crippen molar-refractivity contribution in [1.82, 2.24) is 4.98 Å². The Hall–Kier alpha value is -3.66. The summed E-state index contributed by atoms with van der Waals surface area (Å²) in [6.07, 6.45) is 0. The van der Waals surface area contributed by atoms with Gasteiger partial charge in [0.2, 0.25) is 5.89 Å². The first kappa shape index (κ1) is 23.1. The molecule has 0 aliphatic carbocycles. The van der Waals surface area contributed by atoms with Crippen LogP contribution in [0.4, 0.5) is 17.1 Å². The number of nitrogens with zero attached hydrogens (tertiary/aromatic N) is 3. The number of amides is 1. The number of ether oxygens (including phenoxy) is 1. The number of nitrogens with one attached hydrogen (secondary N) is 1. The maximum Gasteiger partial charge on any atom is 0.270 e. The van der Waals surface area contributed by atoms with Gasteiger partial charge in [-0.3, -0.25) is 14.9 Å². The summed E-state index contributed by atoms with van der Waals surface area (Å²) in [6, 6.07) is 14.3. The van der Waals surface area contributed by atoms with Crippen LogP contribution in [0.25, 0.3) is 22.6 Å². The number of carbonyl (C=O) groups is 1. The fourth-order valence-corrected chi connectivity index (χ4v) is 4.37. The molecule has 1 aromatic heterocycles. The molecule has 1 amide bonds. The average molecular weight is 513 g/mol. The van der Waals surface area contributed by atoms with E-state index in [-0.39, 0.29) is 11.3 Å². The molecule has 0 saturated carbocycles. The van der Waals surface area contributed by atoms with Crippen LogP contribution >= 0.6 is 23.2 Å². The monoisotopic (exact) mass is 512 g/mol. The first-order valence-corrected chi connectivity index (χ1v) is 11.4. The lowest BCUT2D eigenvalue weighted by Gasteiger charge is -2.30. The lowest BCUT2D eigenvalue weighted by molar-refractivity contribution is -0.384. The van der Waals surface area contributed by atoms with Gasteiger partial charge in [-0.2, -0.15) is 0 Å². The smallest absolute Gasteiger partial charge is 0.270 e. The Morgan fingerprint density at radius 2 is 1.86 bits per heavy atom. The van der Waals surface area contributed by atoms with Crippen molar-refractivity contribution in [3.05, 3.63) is 80.3 Å². The van der Waals surface area contributed by atoms with E-state index in [9.17, 15) is 14.9 Å². The van der Waals surface area contributed by atoms with Crippen molar-refractivity contribution in [2.24, 2.45) is 0 Å². The van der Waals surface area contributed by atoms with E-state index >= 15 is 0 Å². The summed E-state index contributed by atoms with van der Waals surface area (Å²) in [5, 5.41) is 15.1. The minimum absolute atomic E-state index is 0.163. The number of morpholine rings is 1. The lowest BCUT2D eigenvalue weighted by atomic mass is 10.1. The van der Waals surface area contributed by atoms with E-state index in [1.807, 2.05) is 4.90 Å². The quantitative estimate of drug-likeness (QED) is 0.265. The average Bonchev–Trinajstić information content (AvgIpc) is 3.27. The summed E-state index contributed by atoms with van der Waals surface area (Å²) >= 11 is 12.2. The third-order valence-corrected chi connectivity index (χ3v) is 6.14. The molecule has 0 spiro atoms. The molecule has 1 saturated heterocycles. The summed E-state index contributed by atoms with van der Waals surface area (Å²) in [4.78, 5) is 30.5. The van der Waals surface area contributed by atoms with Gasteiger partial charge in [0, 0.05) is 35.9 Å². The van der Waals surface area contributed by atoms with Crippen LogP contribution in [-0.2, 0) is 4.74 Å². The molecular weight excluding hydrogens is 495 g/mol. The molecule has 0 bridgehead atoms. The predicted octanol–water partition coefficient (Wildman–Crippen LogP) is 5.80. The maximum atomic E-state index is 13.2. The molecule has 5 rings (SSSR count). The van der Waals surface area contributed by atoms with Gasteiger partial charge in [-0.25, -0.2) is 4.98 Å². The van der Waals surface area contributed by atoms with Crippen LogP contribution in [0, 0.1) is 10.1 Å². The van der Waals surface area contributed by atoms with Crippen LogP contribution < -0.4 is 10.2 Å². The van der Waals surface area contributed by atoms with Gasteiger partial charge in [0.15, 0.2) is 5.58 Å². The van der Waals surface area contributed by atoms with Gasteiger partial charge < -0.3 is 19.4 Å². The van der Waals surface area contributed by atoms with E-state index in [2.05, 4.69) is 10.3 Å². The van der Waals surface area contributed by atoms with E-state index < -0.39 is 10.8 Å². The largest absolute Gasteiger partial charge is 0.436 e. The second-order valence-electron chi connectivity index (χ2n) is 7.84. The van der Waals surface area contributed by atoms with Crippen molar-refractivity contribution >= 4 is 57.3 Å². The van der Waals surface area contributed by atoms with Crippen LogP contribution in [0.2, 0.25) is 10.0 Å². The highest BCUT2D eigenvalue weighted by Gasteiger charge is 2.22. The minimum atomic E-state index is -0.523. The van der Waals surface area contributed by atoms with Crippen molar-refractivity contribution in [1.29, 1.82) is 0 Å². The fraction of sp³-hybridized carbons (Fsp3) is 0.167. The third kappa shape index (κ3) is 4.79. The number of benzene rings is 3. The Balaban J connectivity index is 1.45. The van der Waals surface area contributed by atoms with Crippen molar-refractivity contribution in [3.63, 3.8) is 0 Å². The number of carbonyl (C=O) groups excluding carboxylic acids is 1. The van der Waals surface area contributed by atoms with Gasteiger partial charge in [0.05, 0.1) is 40.0 Å². The highest BCUT2D eigenvalue weighted by Crippen LogP contribution is 2.33. The van der Waals surface area contributed by atoms with Gasteiger partial charge in [-0.05, 0) is 42.5 Å². The standard InChI is InChI=1S/C24H18Cl2N4O5/c25-14-1-4-17(19(26)11-14)24-28-20-12-15(2-6-22(20)35-24)27-23(31)18-13-16(30(32)33)3-5-21(18)29-7-9-34-10-8-29/h1-6,11-13H,7-10H2,(H,27,31). The summed E-state index contributed by atoms with van der Waals surface area (Å²) in [6.45, 7) is 2.19. The van der Waals surface area contributed by atoms with Gasteiger partial charge in [0.25, 0.3) is 11.6 Å². The number of hydrogen-bond donors (Lipinski definition) is 1. The molecule has 2 heterocycles. The fourth-order valence-electron chi connectivity index (χ4n) is 3.88. The number of nitro groups is 1. The lowest BCUT2D eigenvalue weighted by Crippen LogP contribution is -2.37. The molecule has 4 aromatic rings. The topological polar surface area (TPSA) is 111 Å². The molecule has 1 aliphatic rings. The summed E-state index contributed by atoms with van der Waals surface area (Å²) in [5.41, 5.74) is 2.72. The number of anilines is 2. The SMILES string of the molecule is O=C(Nc1ccc2oc(-c3ccc(Cl)cc3Cl)nc2c1)c1cc([N+](=O)[O-])ccc1N1CCOCC1. The van der Waals surface area contributed by atoms with Gasteiger partial charge in [0.1, 0.15) is 5.52 Å². The first-order chi connectivity index (χ1) is 16.9. The Labute approximate surface area is 209 Å². The number of nitro benzene ring substituents is 1. The van der Waals surface area contributed by atoms with E-state index in [4.69, 9.17) is 32.4 Å². The number of halogens is 2. The molecule has 3 aromatic carbocycles. The molecule has 1 fully saturated rings. The van der Waals surface area contributed by atoms with Crippen LogP contribution in [0.3, 0.4) is 0 Å². The molecule has 1 N–H and O–H groups in total. The third-order valence-electron chi connectivity index (χ3n) is 5.59. The Kier molecular flexibility index (Phi) is 6.29. The number of hydrogen-bond acceptors (Lipinski definition) is 7. The van der Waals surface area contributed by atoms with E-state index in [0.717, 1.165) is 0 Å².